The zero-order chi connectivity index (χ0) is 15.3. The average Bonchev–Trinajstić information content (AvgIpc) is 2.43. The van der Waals surface area contributed by atoms with Crippen LogP contribution in [0.25, 0.3) is 0 Å². The number of aromatic carboxylic acids is 1. The molecule has 0 unspecified atom stereocenters. The molecule has 0 spiro atoms. The average molecular weight is 343 g/mol. The van der Waals surface area contributed by atoms with Crippen molar-refractivity contribution in [3.63, 3.8) is 0 Å². The standard InChI is InChI=1S/C14H19BrN2O3/c1-3-14(4-2,8-16)13(20)17-11-7-9(12(18)19)5-6-10(11)15/h5-7H,3-4,8,16H2,1-2H3,(H,17,20)(H,18,19). The molecule has 1 aromatic rings. The van der Waals surface area contributed by atoms with Gasteiger partial charge in [-0.15, -0.1) is 0 Å². The highest BCUT2D eigenvalue weighted by Gasteiger charge is 2.33. The molecule has 0 aliphatic rings. The number of hydrogen-bond acceptors (Lipinski definition) is 3. The molecule has 0 aliphatic carbocycles. The number of hydrogen-bond donors (Lipinski definition) is 3. The molecule has 0 aromatic heterocycles. The maximum Gasteiger partial charge on any atom is 0.335 e. The van der Waals surface area contributed by atoms with Gasteiger partial charge in [-0.25, -0.2) is 4.79 Å². The Labute approximate surface area is 126 Å². The van der Waals surface area contributed by atoms with Crippen LogP contribution >= 0.6 is 15.9 Å². The van der Waals surface area contributed by atoms with Gasteiger partial charge in [0.1, 0.15) is 0 Å². The molecule has 0 saturated heterocycles. The fraction of sp³-hybridized carbons (Fsp3) is 0.429. The van der Waals surface area contributed by atoms with Crippen molar-refractivity contribution in [2.24, 2.45) is 11.1 Å². The highest BCUT2D eigenvalue weighted by Crippen LogP contribution is 2.30. The molecule has 0 radical (unpaired) electrons. The number of anilines is 1. The molecule has 0 aliphatic heterocycles. The summed E-state index contributed by atoms with van der Waals surface area (Å²) in [7, 11) is 0. The number of carboxylic acid groups (broad SMARTS) is 1. The van der Waals surface area contributed by atoms with E-state index in [1.807, 2.05) is 13.8 Å². The first kappa shape index (κ1) is 16.7. The maximum atomic E-state index is 12.4. The number of carbonyl (C=O) groups excluding carboxylic acids is 1. The van der Waals surface area contributed by atoms with E-state index in [1.165, 1.54) is 12.1 Å². The topological polar surface area (TPSA) is 92.4 Å². The van der Waals surface area contributed by atoms with Gasteiger partial charge in [0.05, 0.1) is 16.7 Å². The number of carboxylic acids is 1. The minimum atomic E-state index is -1.04. The zero-order valence-electron chi connectivity index (χ0n) is 11.6. The summed E-state index contributed by atoms with van der Waals surface area (Å²) in [4.78, 5) is 23.4. The molecule has 110 valence electrons. The van der Waals surface area contributed by atoms with Crippen molar-refractivity contribution < 1.29 is 14.7 Å². The number of benzene rings is 1. The van der Waals surface area contributed by atoms with Crippen molar-refractivity contribution in [2.75, 3.05) is 11.9 Å². The van der Waals surface area contributed by atoms with Crippen molar-refractivity contribution in [2.45, 2.75) is 26.7 Å². The van der Waals surface area contributed by atoms with Crippen molar-refractivity contribution in [3.05, 3.63) is 28.2 Å². The minimum absolute atomic E-state index is 0.120. The Hall–Kier alpha value is -1.40. The van der Waals surface area contributed by atoms with Crippen molar-refractivity contribution in [3.8, 4) is 0 Å². The van der Waals surface area contributed by atoms with Crippen LogP contribution in [0.1, 0.15) is 37.0 Å². The molecule has 1 aromatic carbocycles. The number of carbonyl (C=O) groups is 2. The molecule has 20 heavy (non-hydrogen) atoms. The summed E-state index contributed by atoms with van der Waals surface area (Å²) >= 11 is 3.30. The van der Waals surface area contributed by atoms with Crippen LogP contribution in [0.2, 0.25) is 0 Å². The van der Waals surface area contributed by atoms with Gasteiger partial charge in [0.25, 0.3) is 0 Å². The molecular weight excluding hydrogens is 324 g/mol. The summed E-state index contributed by atoms with van der Waals surface area (Å²) in [5, 5.41) is 11.8. The summed E-state index contributed by atoms with van der Waals surface area (Å²) in [5.74, 6) is -1.22. The van der Waals surface area contributed by atoms with Gasteiger partial charge in [-0.2, -0.15) is 0 Å². The third-order valence-electron chi connectivity index (χ3n) is 3.69. The van der Waals surface area contributed by atoms with Crippen LogP contribution in [-0.2, 0) is 4.79 Å². The van der Waals surface area contributed by atoms with E-state index in [4.69, 9.17) is 10.8 Å². The van der Waals surface area contributed by atoms with E-state index in [9.17, 15) is 9.59 Å². The van der Waals surface area contributed by atoms with E-state index in [2.05, 4.69) is 21.2 Å². The van der Waals surface area contributed by atoms with Gasteiger partial charge in [-0.3, -0.25) is 4.79 Å². The Morgan fingerprint density at radius 3 is 2.40 bits per heavy atom. The molecule has 0 atom stereocenters. The Balaban J connectivity index is 3.06. The van der Waals surface area contributed by atoms with Gasteiger partial charge in [0.2, 0.25) is 5.91 Å². The Morgan fingerprint density at radius 1 is 1.35 bits per heavy atom. The van der Waals surface area contributed by atoms with Gasteiger partial charge in [-0.05, 0) is 47.0 Å². The summed E-state index contributed by atoms with van der Waals surface area (Å²) in [6, 6.07) is 4.50. The third-order valence-corrected chi connectivity index (χ3v) is 4.38. The SMILES string of the molecule is CCC(CC)(CN)C(=O)Nc1cc(C(=O)O)ccc1Br. The van der Waals surface area contributed by atoms with Gasteiger partial charge in [-0.1, -0.05) is 13.8 Å². The summed E-state index contributed by atoms with van der Waals surface area (Å²) in [6.07, 6.45) is 1.25. The number of halogens is 1. The van der Waals surface area contributed by atoms with Crippen LogP contribution in [0, 0.1) is 5.41 Å². The second-order valence-electron chi connectivity index (χ2n) is 4.65. The highest BCUT2D eigenvalue weighted by molar-refractivity contribution is 9.10. The number of rotatable bonds is 6. The minimum Gasteiger partial charge on any atom is -0.478 e. The summed E-state index contributed by atoms with van der Waals surface area (Å²) in [5.41, 5.74) is 5.67. The molecule has 0 heterocycles. The van der Waals surface area contributed by atoms with Gasteiger partial charge >= 0.3 is 5.97 Å². The number of nitrogens with one attached hydrogen (secondary N) is 1. The quantitative estimate of drug-likeness (QED) is 0.741. The lowest BCUT2D eigenvalue weighted by atomic mass is 9.81. The van der Waals surface area contributed by atoms with Gasteiger partial charge < -0.3 is 16.2 Å². The Kier molecular flexibility index (Phi) is 5.71. The lowest BCUT2D eigenvalue weighted by Gasteiger charge is -2.28. The molecule has 1 amide bonds. The van der Waals surface area contributed by atoms with Crippen molar-refractivity contribution >= 4 is 33.5 Å². The van der Waals surface area contributed by atoms with E-state index in [0.717, 1.165) is 0 Å². The predicted octanol–water partition coefficient (Wildman–Crippen LogP) is 2.85. The van der Waals surface area contributed by atoms with Crippen molar-refractivity contribution in [1.29, 1.82) is 0 Å². The lowest BCUT2D eigenvalue weighted by molar-refractivity contribution is -0.125. The zero-order valence-corrected chi connectivity index (χ0v) is 13.2. The highest BCUT2D eigenvalue weighted by atomic mass is 79.9. The molecule has 1 rings (SSSR count). The second kappa shape index (κ2) is 6.85. The monoisotopic (exact) mass is 342 g/mol. The van der Waals surface area contributed by atoms with Crippen LogP contribution in [-0.4, -0.2) is 23.5 Å². The second-order valence-corrected chi connectivity index (χ2v) is 5.50. The first-order chi connectivity index (χ1) is 9.40. The fourth-order valence-corrected chi connectivity index (χ4v) is 2.31. The van der Waals surface area contributed by atoms with E-state index in [1.54, 1.807) is 6.07 Å². The number of nitrogens with two attached hydrogens (primary N) is 1. The largest absolute Gasteiger partial charge is 0.478 e. The molecule has 6 heteroatoms. The summed E-state index contributed by atoms with van der Waals surface area (Å²) < 4.78 is 0.633. The predicted molar refractivity (Wildman–Crippen MR) is 81.8 cm³/mol. The van der Waals surface area contributed by atoms with Crippen LogP contribution < -0.4 is 11.1 Å². The van der Waals surface area contributed by atoms with E-state index in [-0.39, 0.29) is 18.0 Å². The van der Waals surface area contributed by atoms with Crippen LogP contribution in [0.3, 0.4) is 0 Å². The van der Waals surface area contributed by atoms with E-state index >= 15 is 0 Å². The van der Waals surface area contributed by atoms with Crippen molar-refractivity contribution in [1.82, 2.24) is 0 Å². The number of amides is 1. The fourth-order valence-electron chi connectivity index (χ4n) is 1.96. The third kappa shape index (κ3) is 3.37. The molecule has 4 N–H and O–H groups in total. The van der Waals surface area contributed by atoms with Crippen LogP contribution in [0.5, 0.6) is 0 Å². The van der Waals surface area contributed by atoms with Crippen LogP contribution in [0.15, 0.2) is 22.7 Å². The maximum absolute atomic E-state index is 12.4. The first-order valence-corrected chi connectivity index (χ1v) is 7.23. The summed E-state index contributed by atoms with van der Waals surface area (Å²) in [6.45, 7) is 4.08. The van der Waals surface area contributed by atoms with E-state index in [0.29, 0.717) is 23.0 Å². The molecular formula is C14H19BrN2O3. The first-order valence-electron chi connectivity index (χ1n) is 6.44. The normalized spacial score (nSPS) is 11.2. The Morgan fingerprint density at radius 2 is 1.95 bits per heavy atom. The van der Waals surface area contributed by atoms with Gasteiger partial charge in [0.15, 0.2) is 0 Å². The molecule has 0 saturated carbocycles. The molecule has 0 bridgehead atoms. The molecule has 5 nitrogen and oxygen atoms in total. The smallest absolute Gasteiger partial charge is 0.335 e. The van der Waals surface area contributed by atoms with Crippen LogP contribution in [0.4, 0.5) is 5.69 Å². The van der Waals surface area contributed by atoms with Gasteiger partial charge in [0, 0.05) is 11.0 Å². The van der Waals surface area contributed by atoms with E-state index < -0.39 is 11.4 Å². The molecule has 0 fully saturated rings. The Bertz CT molecular complexity index is 505. The lowest BCUT2D eigenvalue weighted by Crippen LogP contribution is -2.41.